The highest BCUT2D eigenvalue weighted by molar-refractivity contribution is 6.33. The summed E-state index contributed by atoms with van der Waals surface area (Å²) in [5.74, 6) is 0.236. The van der Waals surface area contributed by atoms with Crippen LogP contribution >= 0.6 is 11.6 Å². The average molecular weight is 282 g/mol. The largest absolute Gasteiger partial charge is 0.478 e. The van der Waals surface area contributed by atoms with E-state index in [0.29, 0.717) is 18.8 Å². The number of aromatic carboxylic acids is 1. The fourth-order valence-electron chi connectivity index (χ4n) is 1.51. The maximum Gasteiger partial charge on any atom is 0.337 e. The lowest BCUT2D eigenvalue weighted by molar-refractivity contribution is 0.0696. The van der Waals surface area contributed by atoms with Crippen molar-refractivity contribution < 1.29 is 9.90 Å². The Morgan fingerprint density at radius 3 is 2.95 bits per heavy atom. The van der Waals surface area contributed by atoms with Crippen LogP contribution in [0.5, 0.6) is 0 Å². The van der Waals surface area contributed by atoms with Gasteiger partial charge in [0.05, 0.1) is 10.6 Å². The second-order valence-corrected chi connectivity index (χ2v) is 4.30. The predicted octanol–water partition coefficient (Wildman–Crippen LogP) is 1.22. The minimum Gasteiger partial charge on any atom is -0.478 e. The standard InChI is InChI=1S/C11H12ClN5O2/c1-17-6-15-16-9(17)2-3-13-10-8(12)4-7(5-14-10)11(18)19/h4-6H,2-3H2,1H3,(H,13,14)(H,18,19). The summed E-state index contributed by atoms with van der Waals surface area (Å²) < 4.78 is 1.82. The van der Waals surface area contributed by atoms with E-state index in [2.05, 4.69) is 20.5 Å². The van der Waals surface area contributed by atoms with E-state index in [9.17, 15) is 4.79 Å². The van der Waals surface area contributed by atoms with E-state index in [1.54, 1.807) is 6.33 Å². The second-order valence-electron chi connectivity index (χ2n) is 3.89. The number of nitrogens with one attached hydrogen (secondary N) is 1. The highest BCUT2D eigenvalue weighted by atomic mass is 35.5. The predicted molar refractivity (Wildman–Crippen MR) is 69.4 cm³/mol. The summed E-state index contributed by atoms with van der Waals surface area (Å²) >= 11 is 5.94. The van der Waals surface area contributed by atoms with Gasteiger partial charge >= 0.3 is 5.97 Å². The minimum absolute atomic E-state index is 0.0591. The number of aryl methyl sites for hydroxylation is 1. The lowest BCUT2D eigenvalue weighted by Crippen LogP contribution is -2.10. The number of anilines is 1. The van der Waals surface area contributed by atoms with Crippen molar-refractivity contribution in [1.82, 2.24) is 19.7 Å². The number of hydrogen-bond acceptors (Lipinski definition) is 5. The van der Waals surface area contributed by atoms with Crippen LogP contribution in [0, 0.1) is 0 Å². The molecule has 0 aliphatic heterocycles. The van der Waals surface area contributed by atoms with Crippen LogP contribution in [0.3, 0.4) is 0 Å². The van der Waals surface area contributed by atoms with Crippen molar-refractivity contribution in [3.63, 3.8) is 0 Å². The molecule has 0 spiro atoms. The molecule has 0 atom stereocenters. The van der Waals surface area contributed by atoms with Crippen LogP contribution in [-0.4, -0.2) is 37.4 Å². The molecule has 0 saturated carbocycles. The smallest absolute Gasteiger partial charge is 0.337 e. The van der Waals surface area contributed by atoms with Crippen molar-refractivity contribution in [3.8, 4) is 0 Å². The van der Waals surface area contributed by atoms with Gasteiger partial charge in [0, 0.05) is 26.2 Å². The zero-order valence-electron chi connectivity index (χ0n) is 10.2. The number of aromatic nitrogens is 4. The van der Waals surface area contributed by atoms with Gasteiger partial charge in [-0.25, -0.2) is 9.78 Å². The molecule has 0 radical (unpaired) electrons. The van der Waals surface area contributed by atoms with E-state index >= 15 is 0 Å². The summed E-state index contributed by atoms with van der Waals surface area (Å²) in [5.41, 5.74) is 0.0591. The van der Waals surface area contributed by atoms with Crippen LogP contribution in [0.25, 0.3) is 0 Å². The van der Waals surface area contributed by atoms with Gasteiger partial charge in [-0.3, -0.25) is 0 Å². The van der Waals surface area contributed by atoms with E-state index < -0.39 is 5.97 Å². The van der Waals surface area contributed by atoms with Crippen LogP contribution in [0.2, 0.25) is 5.02 Å². The third-order valence-corrected chi connectivity index (χ3v) is 2.82. The first-order valence-corrected chi connectivity index (χ1v) is 5.91. The number of carboxylic acid groups (broad SMARTS) is 1. The molecule has 0 aromatic carbocycles. The Bertz CT molecular complexity index is 599. The van der Waals surface area contributed by atoms with E-state index in [4.69, 9.17) is 16.7 Å². The number of pyridine rings is 1. The molecule has 7 nitrogen and oxygen atoms in total. The Kier molecular flexibility index (Phi) is 3.96. The maximum absolute atomic E-state index is 10.7. The minimum atomic E-state index is -1.06. The molecule has 0 fully saturated rings. The molecule has 2 aromatic rings. The van der Waals surface area contributed by atoms with Crippen molar-refractivity contribution in [3.05, 3.63) is 35.0 Å². The monoisotopic (exact) mass is 281 g/mol. The van der Waals surface area contributed by atoms with Crippen LogP contribution in [0.15, 0.2) is 18.6 Å². The number of hydrogen-bond donors (Lipinski definition) is 2. The van der Waals surface area contributed by atoms with Gasteiger partial charge in [-0.1, -0.05) is 11.6 Å². The van der Waals surface area contributed by atoms with Crippen molar-refractivity contribution in [2.24, 2.45) is 7.05 Å². The Morgan fingerprint density at radius 2 is 2.37 bits per heavy atom. The van der Waals surface area contributed by atoms with Gasteiger partial charge in [0.15, 0.2) is 0 Å². The fraction of sp³-hybridized carbons (Fsp3) is 0.273. The van der Waals surface area contributed by atoms with Crippen molar-refractivity contribution in [1.29, 1.82) is 0 Å². The molecule has 2 N–H and O–H groups in total. The van der Waals surface area contributed by atoms with Crippen LogP contribution in [0.4, 0.5) is 5.82 Å². The number of rotatable bonds is 5. The van der Waals surface area contributed by atoms with Crippen LogP contribution < -0.4 is 5.32 Å². The molecule has 19 heavy (non-hydrogen) atoms. The zero-order valence-corrected chi connectivity index (χ0v) is 10.9. The molecular weight excluding hydrogens is 270 g/mol. The SMILES string of the molecule is Cn1cnnc1CCNc1ncc(C(=O)O)cc1Cl. The summed E-state index contributed by atoms with van der Waals surface area (Å²) in [6.45, 7) is 0.575. The fourth-order valence-corrected chi connectivity index (χ4v) is 1.74. The van der Waals surface area contributed by atoms with Gasteiger partial charge in [0.1, 0.15) is 18.0 Å². The Hall–Kier alpha value is -2.15. The first-order valence-electron chi connectivity index (χ1n) is 5.53. The third-order valence-electron chi connectivity index (χ3n) is 2.53. The summed E-state index contributed by atoms with van der Waals surface area (Å²) in [5, 5.41) is 19.8. The Balaban J connectivity index is 1.96. The molecule has 0 amide bonds. The summed E-state index contributed by atoms with van der Waals surface area (Å²) in [7, 11) is 1.86. The van der Waals surface area contributed by atoms with E-state index in [0.717, 1.165) is 5.82 Å². The quantitative estimate of drug-likeness (QED) is 0.856. The van der Waals surface area contributed by atoms with Gasteiger partial charge in [-0.15, -0.1) is 10.2 Å². The van der Waals surface area contributed by atoms with Gasteiger partial charge in [-0.05, 0) is 6.07 Å². The van der Waals surface area contributed by atoms with Gasteiger partial charge in [-0.2, -0.15) is 0 Å². The molecule has 0 saturated heterocycles. The molecular formula is C11H12ClN5O2. The molecule has 2 heterocycles. The number of halogens is 1. The van der Waals surface area contributed by atoms with Crippen LogP contribution in [-0.2, 0) is 13.5 Å². The normalized spacial score (nSPS) is 10.4. The Morgan fingerprint density at radius 1 is 1.58 bits per heavy atom. The van der Waals surface area contributed by atoms with Crippen LogP contribution in [0.1, 0.15) is 16.2 Å². The number of nitrogens with zero attached hydrogens (tertiary/aromatic N) is 4. The van der Waals surface area contributed by atoms with Crippen molar-refractivity contribution in [2.45, 2.75) is 6.42 Å². The summed E-state index contributed by atoms with van der Waals surface area (Å²) in [4.78, 5) is 14.7. The summed E-state index contributed by atoms with van der Waals surface area (Å²) in [6, 6.07) is 1.36. The third kappa shape index (κ3) is 3.19. The number of carboxylic acids is 1. The molecule has 0 bridgehead atoms. The highest BCUT2D eigenvalue weighted by Crippen LogP contribution is 2.19. The molecule has 8 heteroatoms. The average Bonchev–Trinajstić information content (AvgIpc) is 2.77. The zero-order chi connectivity index (χ0) is 13.8. The van der Waals surface area contributed by atoms with Gasteiger partial charge in [0.2, 0.25) is 0 Å². The van der Waals surface area contributed by atoms with Crippen molar-refractivity contribution >= 4 is 23.4 Å². The molecule has 0 aliphatic rings. The highest BCUT2D eigenvalue weighted by Gasteiger charge is 2.08. The molecule has 0 aliphatic carbocycles. The number of carbonyl (C=O) groups is 1. The lowest BCUT2D eigenvalue weighted by atomic mass is 10.3. The molecule has 100 valence electrons. The molecule has 2 aromatic heterocycles. The van der Waals surface area contributed by atoms with Gasteiger partial charge < -0.3 is 15.0 Å². The van der Waals surface area contributed by atoms with Crippen molar-refractivity contribution in [2.75, 3.05) is 11.9 Å². The summed E-state index contributed by atoms with van der Waals surface area (Å²) in [6.07, 6.45) is 3.55. The van der Waals surface area contributed by atoms with E-state index in [1.807, 2.05) is 11.6 Å². The van der Waals surface area contributed by atoms with E-state index in [-0.39, 0.29) is 10.6 Å². The maximum atomic E-state index is 10.7. The topological polar surface area (TPSA) is 92.9 Å². The molecule has 0 unspecified atom stereocenters. The molecule has 2 rings (SSSR count). The lowest BCUT2D eigenvalue weighted by Gasteiger charge is -2.07. The first kappa shape index (κ1) is 13.3. The van der Waals surface area contributed by atoms with Gasteiger partial charge in [0.25, 0.3) is 0 Å². The first-order chi connectivity index (χ1) is 9.08. The second kappa shape index (κ2) is 5.66. The Labute approximate surface area is 114 Å². The van der Waals surface area contributed by atoms with E-state index in [1.165, 1.54) is 12.3 Å².